The number of hydrogen-bond acceptors (Lipinski definition) is 2. The molecule has 3 nitrogen and oxygen atoms in total. The lowest BCUT2D eigenvalue weighted by atomic mass is 9.69. The summed E-state index contributed by atoms with van der Waals surface area (Å²) in [4.78, 5) is 16.5. The maximum atomic E-state index is 12.0. The third-order valence-electron chi connectivity index (χ3n) is 5.31. The first kappa shape index (κ1) is 13.6. The Morgan fingerprint density at radius 3 is 2.65 bits per heavy atom. The third kappa shape index (κ3) is 2.05. The molecule has 3 heteroatoms. The lowest BCUT2D eigenvalue weighted by Crippen LogP contribution is -2.56. The van der Waals surface area contributed by atoms with E-state index in [2.05, 4.69) is 47.2 Å². The van der Waals surface area contributed by atoms with Crippen LogP contribution in [0.1, 0.15) is 31.7 Å². The molecule has 108 valence electrons. The Kier molecular flexibility index (Phi) is 3.55. The fourth-order valence-electron chi connectivity index (χ4n) is 4.06. The van der Waals surface area contributed by atoms with Crippen LogP contribution in [0.3, 0.4) is 0 Å². The first-order valence-corrected chi connectivity index (χ1v) is 7.71. The van der Waals surface area contributed by atoms with Gasteiger partial charge >= 0.3 is 0 Å². The zero-order chi connectivity index (χ0) is 14.2. The second-order valence-corrected chi connectivity index (χ2v) is 6.21. The lowest BCUT2D eigenvalue weighted by molar-refractivity contribution is -0.133. The highest BCUT2D eigenvalue weighted by molar-refractivity contribution is 5.76. The summed E-state index contributed by atoms with van der Waals surface area (Å²) in [6.45, 7) is 4.89. The van der Waals surface area contributed by atoms with Gasteiger partial charge in [-0.05, 0) is 32.0 Å². The van der Waals surface area contributed by atoms with Crippen LogP contribution in [-0.2, 0) is 10.2 Å². The van der Waals surface area contributed by atoms with E-state index in [9.17, 15) is 4.79 Å². The summed E-state index contributed by atoms with van der Waals surface area (Å²) in [6.07, 6.45) is 2.93. The molecule has 2 aliphatic rings. The Labute approximate surface area is 121 Å². The zero-order valence-corrected chi connectivity index (χ0v) is 12.5. The molecule has 2 aliphatic heterocycles. The molecule has 20 heavy (non-hydrogen) atoms. The number of carbonyl (C=O) groups is 1. The predicted molar refractivity (Wildman–Crippen MR) is 80.6 cm³/mol. The first-order chi connectivity index (χ1) is 9.67. The number of amides is 1. The maximum Gasteiger partial charge on any atom is 0.222 e. The third-order valence-corrected chi connectivity index (χ3v) is 5.31. The highest BCUT2D eigenvalue weighted by atomic mass is 16.2. The van der Waals surface area contributed by atoms with E-state index in [1.165, 1.54) is 12.0 Å². The van der Waals surface area contributed by atoms with Crippen LogP contribution in [0.25, 0.3) is 0 Å². The monoisotopic (exact) mass is 272 g/mol. The molecule has 1 amide bonds. The normalized spacial score (nSPS) is 30.3. The van der Waals surface area contributed by atoms with E-state index in [1.54, 1.807) is 0 Å². The van der Waals surface area contributed by atoms with Crippen LogP contribution >= 0.6 is 0 Å². The minimum atomic E-state index is 0.251. The average molecular weight is 272 g/mol. The summed E-state index contributed by atoms with van der Waals surface area (Å²) in [6, 6.07) is 11.4. The van der Waals surface area contributed by atoms with Gasteiger partial charge in [0.25, 0.3) is 0 Å². The van der Waals surface area contributed by atoms with Crippen molar-refractivity contribution in [1.82, 2.24) is 9.80 Å². The molecule has 0 saturated carbocycles. The molecule has 0 N–H and O–H groups in total. The molecule has 1 aromatic rings. The largest absolute Gasteiger partial charge is 0.341 e. The molecule has 0 radical (unpaired) electrons. The Bertz CT molecular complexity index is 487. The standard InChI is InChI=1S/C17H24N2O/c1-3-16(20)19-12-10-17(14-7-5-4-6-8-14)9-11-18(2)15(17)13-19/h4-8,15H,3,9-13H2,1-2H3. The van der Waals surface area contributed by atoms with Crippen molar-refractivity contribution in [2.45, 2.75) is 37.6 Å². The van der Waals surface area contributed by atoms with Crippen molar-refractivity contribution in [3.05, 3.63) is 35.9 Å². The quantitative estimate of drug-likeness (QED) is 0.824. The minimum absolute atomic E-state index is 0.251. The second kappa shape index (κ2) is 5.21. The zero-order valence-electron chi connectivity index (χ0n) is 12.5. The van der Waals surface area contributed by atoms with E-state index in [1.807, 2.05) is 6.92 Å². The summed E-state index contributed by atoms with van der Waals surface area (Å²) < 4.78 is 0. The molecule has 0 aromatic heterocycles. The highest BCUT2D eigenvalue weighted by Crippen LogP contribution is 2.45. The highest BCUT2D eigenvalue weighted by Gasteiger charge is 2.50. The van der Waals surface area contributed by atoms with Gasteiger partial charge in [-0.25, -0.2) is 0 Å². The summed E-state index contributed by atoms with van der Waals surface area (Å²) in [5.74, 6) is 0.298. The second-order valence-electron chi connectivity index (χ2n) is 6.21. The van der Waals surface area contributed by atoms with Crippen molar-refractivity contribution >= 4 is 5.91 Å². The topological polar surface area (TPSA) is 23.6 Å². The molecule has 2 atom stereocenters. The molecule has 0 aliphatic carbocycles. The summed E-state index contributed by atoms with van der Waals surface area (Å²) in [7, 11) is 2.20. The Balaban J connectivity index is 1.90. The van der Waals surface area contributed by atoms with Gasteiger partial charge in [0.05, 0.1) is 0 Å². The number of piperidine rings is 1. The van der Waals surface area contributed by atoms with Crippen LogP contribution in [0.4, 0.5) is 0 Å². The van der Waals surface area contributed by atoms with Crippen LogP contribution in [0.15, 0.2) is 30.3 Å². The molecule has 0 bridgehead atoms. The Morgan fingerprint density at radius 1 is 1.25 bits per heavy atom. The number of hydrogen-bond donors (Lipinski definition) is 0. The van der Waals surface area contributed by atoms with E-state index in [0.29, 0.717) is 18.4 Å². The van der Waals surface area contributed by atoms with Crippen LogP contribution in [0.5, 0.6) is 0 Å². The molecular weight excluding hydrogens is 248 g/mol. The summed E-state index contributed by atoms with van der Waals surface area (Å²) >= 11 is 0. The van der Waals surface area contributed by atoms with Gasteiger partial charge in [0.15, 0.2) is 0 Å². The molecule has 2 saturated heterocycles. The molecule has 3 rings (SSSR count). The molecule has 2 unspecified atom stereocenters. The number of nitrogens with zero attached hydrogens (tertiary/aromatic N) is 2. The van der Waals surface area contributed by atoms with Crippen LogP contribution in [0, 0.1) is 0 Å². The average Bonchev–Trinajstić information content (AvgIpc) is 2.85. The SMILES string of the molecule is CCC(=O)N1CCC2(c3ccccc3)CCN(C)C2C1. The van der Waals surface area contributed by atoms with E-state index in [0.717, 1.165) is 26.1 Å². The van der Waals surface area contributed by atoms with Gasteiger partial charge in [-0.2, -0.15) is 0 Å². The van der Waals surface area contributed by atoms with Crippen molar-refractivity contribution in [2.75, 3.05) is 26.7 Å². The fourth-order valence-corrected chi connectivity index (χ4v) is 4.06. The molecule has 2 heterocycles. The number of likely N-dealkylation sites (N-methyl/N-ethyl adjacent to an activating group) is 1. The van der Waals surface area contributed by atoms with Crippen molar-refractivity contribution in [1.29, 1.82) is 0 Å². The van der Waals surface area contributed by atoms with E-state index >= 15 is 0 Å². The smallest absolute Gasteiger partial charge is 0.222 e. The van der Waals surface area contributed by atoms with E-state index in [-0.39, 0.29) is 5.41 Å². The van der Waals surface area contributed by atoms with E-state index in [4.69, 9.17) is 0 Å². The molecular formula is C17H24N2O. The van der Waals surface area contributed by atoms with Gasteiger partial charge in [-0.3, -0.25) is 4.79 Å². The van der Waals surface area contributed by atoms with Crippen molar-refractivity contribution in [3.8, 4) is 0 Å². The summed E-state index contributed by atoms with van der Waals surface area (Å²) in [5, 5.41) is 0. The number of likely N-dealkylation sites (tertiary alicyclic amines) is 2. The number of rotatable bonds is 2. The minimum Gasteiger partial charge on any atom is -0.341 e. The van der Waals surface area contributed by atoms with Crippen LogP contribution < -0.4 is 0 Å². The first-order valence-electron chi connectivity index (χ1n) is 7.71. The number of benzene rings is 1. The number of fused-ring (bicyclic) bond motifs is 1. The van der Waals surface area contributed by atoms with Gasteiger partial charge in [0.1, 0.15) is 0 Å². The molecule has 1 aromatic carbocycles. The predicted octanol–water partition coefficient (Wildman–Crippen LogP) is 2.27. The van der Waals surface area contributed by atoms with Crippen molar-refractivity contribution in [2.24, 2.45) is 0 Å². The van der Waals surface area contributed by atoms with Crippen LogP contribution in [0.2, 0.25) is 0 Å². The van der Waals surface area contributed by atoms with Gasteiger partial charge in [0.2, 0.25) is 5.91 Å². The number of carbonyl (C=O) groups excluding carboxylic acids is 1. The Morgan fingerprint density at radius 2 is 1.95 bits per heavy atom. The Hall–Kier alpha value is -1.35. The lowest BCUT2D eigenvalue weighted by Gasteiger charge is -2.46. The summed E-state index contributed by atoms with van der Waals surface area (Å²) in [5.41, 5.74) is 1.71. The molecule has 2 fully saturated rings. The van der Waals surface area contributed by atoms with Gasteiger partial charge < -0.3 is 9.80 Å². The van der Waals surface area contributed by atoms with Crippen molar-refractivity contribution < 1.29 is 4.79 Å². The fraction of sp³-hybridized carbons (Fsp3) is 0.588. The van der Waals surface area contributed by atoms with Crippen LogP contribution in [-0.4, -0.2) is 48.4 Å². The van der Waals surface area contributed by atoms with Gasteiger partial charge in [-0.15, -0.1) is 0 Å². The van der Waals surface area contributed by atoms with E-state index < -0.39 is 0 Å². The van der Waals surface area contributed by atoms with Crippen molar-refractivity contribution in [3.63, 3.8) is 0 Å². The van der Waals surface area contributed by atoms with Gasteiger partial charge in [-0.1, -0.05) is 37.3 Å². The van der Waals surface area contributed by atoms with Gasteiger partial charge in [0, 0.05) is 31.0 Å². The molecule has 0 spiro atoms. The maximum absolute atomic E-state index is 12.0.